The van der Waals surface area contributed by atoms with Crippen LogP contribution in [0.1, 0.15) is 12.0 Å². The van der Waals surface area contributed by atoms with E-state index in [1.54, 1.807) is 11.2 Å². The molecule has 1 aromatic heterocycles. The highest BCUT2D eigenvalue weighted by Gasteiger charge is 2.28. The molecule has 27 heavy (non-hydrogen) atoms. The lowest BCUT2D eigenvalue weighted by Crippen LogP contribution is -2.51. The lowest BCUT2D eigenvalue weighted by Gasteiger charge is -2.32. The van der Waals surface area contributed by atoms with Gasteiger partial charge in [0.15, 0.2) is 0 Å². The number of nitrogens with zero attached hydrogens (tertiary/aromatic N) is 2. The first-order valence-corrected chi connectivity index (χ1v) is 9.01. The van der Waals surface area contributed by atoms with Gasteiger partial charge in [0.2, 0.25) is 11.8 Å². The van der Waals surface area contributed by atoms with Gasteiger partial charge in [0, 0.05) is 31.4 Å². The molecule has 0 saturated carbocycles. The number of nitrogens with one attached hydrogen (secondary N) is 1. The summed E-state index contributed by atoms with van der Waals surface area (Å²) in [7, 11) is 0.183. The van der Waals surface area contributed by atoms with Gasteiger partial charge >= 0.3 is 7.12 Å². The zero-order valence-electron chi connectivity index (χ0n) is 15.3. The predicted molar refractivity (Wildman–Crippen MR) is 101 cm³/mol. The van der Waals surface area contributed by atoms with Crippen LogP contribution in [0.15, 0.2) is 34.9 Å². The Bertz CT molecular complexity index is 809. The molecule has 1 aliphatic heterocycles. The Morgan fingerprint density at radius 1 is 1.33 bits per heavy atom. The highest BCUT2D eigenvalue weighted by molar-refractivity contribution is 6.43. The van der Waals surface area contributed by atoms with Crippen LogP contribution in [0.4, 0.5) is 0 Å². The van der Waals surface area contributed by atoms with E-state index in [0.29, 0.717) is 25.2 Å². The summed E-state index contributed by atoms with van der Waals surface area (Å²) in [5.74, 6) is -1.19. The summed E-state index contributed by atoms with van der Waals surface area (Å²) < 4.78 is 5.46. The molecule has 0 bridgehead atoms. The van der Waals surface area contributed by atoms with Crippen molar-refractivity contribution in [3.63, 3.8) is 0 Å². The van der Waals surface area contributed by atoms with E-state index in [4.69, 9.17) is 4.42 Å². The van der Waals surface area contributed by atoms with Crippen molar-refractivity contribution in [2.24, 2.45) is 0 Å². The second kappa shape index (κ2) is 8.56. The number of rotatable bonds is 7. The number of fused-ring (bicyclic) bond motifs is 1. The molecule has 0 radical (unpaired) electrons. The Kier molecular flexibility index (Phi) is 6.15. The van der Waals surface area contributed by atoms with E-state index in [1.807, 2.05) is 36.2 Å². The van der Waals surface area contributed by atoms with Gasteiger partial charge in [-0.2, -0.15) is 0 Å². The Balaban J connectivity index is 1.56. The maximum Gasteiger partial charge on any atom is 0.475 e. The molecular weight excluding hydrogens is 349 g/mol. The molecule has 2 heterocycles. The number of piperazine rings is 1. The molecule has 1 aliphatic rings. The van der Waals surface area contributed by atoms with Gasteiger partial charge in [-0.1, -0.05) is 18.2 Å². The van der Waals surface area contributed by atoms with E-state index in [9.17, 15) is 19.6 Å². The maximum atomic E-state index is 12.3. The molecule has 1 saturated heterocycles. The van der Waals surface area contributed by atoms with Crippen molar-refractivity contribution in [1.82, 2.24) is 15.1 Å². The van der Waals surface area contributed by atoms with Crippen molar-refractivity contribution < 1.29 is 24.1 Å². The molecule has 0 spiro atoms. The molecule has 2 amide bonds. The van der Waals surface area contributed by atoms with Crippen molar-refractivity contribution >= 4 is 29.9 Å². The average Bonchev–Trinajstić information content (AvgIpc) is 3.03. The van der Waals surface area contributed by atoms with Crippen LogP contribution in [-0.4, -0.2) is 77.9 Å². The van der Waals surface area contributed by atoms with Gasteiger partial charge in [-0.05, 0) is 25.1 Å². The number of hydrogen-bond acceptors (Lipinski definition) is 6. The first kappa shape index (κ1) is 19.4. The Morgan fingerprint density at radius 2 is 2.11 bits per heavy atom. The summed E-state index contributed by atoms with van der Waals surface area (Å²) in [6.07, 6.45) is 1.91. The first-order chi connectivity index (χ1) is 12.9. The topological polar surface area (TPSA) is 106 Å². The molecule has 8 nitrogen and oxygen atoms in total. The molecule has 0 aliphatic carbocycles. The average molecular weight is 373 g/mol. The number of carbonyl (C=O) groups excluding carboxylic acids is 2. The number of amides is 2. The van der Waals surface area contributed by atoms with Crippen molar-refractivity contribution in [2.45, 2.75) is 18.8 Å². The summed E-state index contributed by atoms with van der Waals surface area (Å²) in [5, 5.41) is 22.8. The molecule has 3 N–H and O–H groups in total. The Labute approximate surface area is 157 Å². The SMILES string of the molecule is CN1CCN(CCC(=O)N[C@@H](Cc2coc3ccccc23)B(O)O)C(=O)C1. The highest BCUT2D eigenvalue weighted by Crippen LogP contribution is 2.22. The Morgan fingerprint density at radius 3 is 2.85 bits per heavy atom. The van der Waals surface area contributed by atoms with E-state index in [-0.39, 0.29) is 24.7 Å². The fourth-order valence-corrected chi connectivity index (χ4v) is 3.24. The lowest BCUT2D eigenvalue weighted by atomic mass is 9.76. The van der Waals surface area contributed by atoms with Gasteiger partial charge in [0.25, 0.3) is 0 Å². The van der Waals surface area contributed by atoms with Crippen molar-refractivity contribution in [1.29, 1.82) is 0 Å². The normalized spacial score (nSPS) is 16.6. The predicted octanol–water partition coefficient (Wildman–Crippen LogP) is -0.364. The maximum absolute atomic E-state index is 12.3. The second-order valence-corrected chi connectivity index (χ2v) is 6.92. The molecule has 3 rings (SSSR count). The summed E-state index contributed by atoms with van der Waals surface area (Å²) >= 11 is 0. The third-order valence-corrected chi connectivity index (χ3v) is 4.83. The van der Waals surface area contributed by atoms with Gasteiger partial charge in [0.1, 0.15) is 5.58 Å². The van der Waals surface area contributed by atoms with Crippen molar-refractivity contribution in [3.05, 3.63) is 36.1 Å². The van der Waals surface area contributed by atoms with E-state index in [0.717, 1.165) is 17.5 Å². The van der Waals surface area contributed by atoms with Gasteiger partial charge < -0.3 is 24.7 Å². The molecular formula is C18H24BN3O5. The fourth-order valence-electron chi connectivity index (χ4n) is 3.24. The van der Waals surface area contributed by atoms with Gasteiger partial charge in [-0.15, -0.1) is 0 Å². The minimum Gasteiger partial charge on any atom is -0.464 e. The van der Waals surface area contributed by atoms with E-state index in [1.165, 1.54) is 0 Å². The zero-order chi connectivity index (χ0) is 19.4. The molecule has 2 aromatic rings. The monoisotopic (exact) mass is 373 g/mol. The third kappa shape index (κ3) is 4.88. The summed E-state index contributed by atoms with van der Waals surface area (Å²) in [6.45, 7) is 2.04. The van der Waals surface area contributed by atoms with Crippen molar-refractivity contribution in [3.8, 4) is 0 Å². The van der Waals surface area contributed by atoms with E-state index >= 15 is 0 Å². The quantitative estimate of drug-likeness (QED) is 0.573. The fraction of sp³-hybridized carbons (Fsp3) is 0.444. The first-order valence-electron chi connectivity index (χ1n) is 9.01. The smallest absolute Gasteiger partial charge is 0.464 e. The van der Waals surface area contributed by atoms with Gasteiger partial charge in [0.05, 0.1) is 18.7 Å². The van der Waals surface area contributed by atoms with Crippen LogP contribution in [0, 0.1) is 0 Å². The molecule has 9 heteroatoms. The molecule has 1 fully saturated rings. The van der Waals surface area contributed by atoms with Gasteiger partial charge in [-0.3, -0.25) is 14.5 Å². The van der Waals surface area contributed by atoms with Crippen LogP contribution >= 0.6 is 0 Å². The highest BCUT2D eigenvalue weighted by atomic mass is 16.4. The van der Waals surface area contributed by atoms with E-state index < -0.39 is 13.1 Å². The number of para-hydroxylation sites is 1. The second-order valence-electron chi connectivity index (χ2n) is 6.92. The number of hydrogen-bond donors (Lipinski definition) is 3. The number of furan rings is 1. The van der Waals surface area contributed by atoms with Crippen LogP contribution in [0.3, 0.4) is 0 Å². The zero-order valence-corrected chi connectivity index (χ0v) is 15.3. The molecule has 1 aromatic carbocycles. The lowest BCUT2D eigenvalue weighted by molar-refractivity contribution is -0.135. The minimum absolute atomic E-state index is 0.000148. The number of carbonyl (C=O) groups is 2. The molecule has 0 unspecified atom stereocenters. The van der Waals surface area contributed by atoms with E-state index in [2.05, 4.69) is 5.32 Å². The van der Waals surface area contributed by atoms with Crippen LogP contribution in [0.25, 0.3) is 11.0 Å². The van der Waals surface area contributed by atoms with Crippen LogP contribution in [-0.2, 0) is 16.0 Å². The summed E-state index contributed by atoms with van der Waals surface area (Å²) in [5.41, 5.74) is 1.50. The number of likely N-dealkylation sites (N-methyl/N-ethyl adjacent to an activating group) is 1. The van der Waals surface area contributed by atoms with Crippen LogP contribution < -0.4 is 5.32 Å². The summed E-state index contributed by atoms with van der Waals surface area (Å²) in [6, 6.07) is 7.44. The van der Waals surface area contributed by atoms with Crippen LogP contribution in [0.5, 0.6) is 0 Å². The van der Waals surface area contributed by atoms with Crippen molar-refractivity contribution in [2.75, 3.05) is 33.2 Å². The minimum atomic E-state index is -1.70. The Hall–Kier alpha value is -2.36. The third-order valence-electron chi connectivity index (χ3n) is 4.83. The molecule has 144 valence electrons. The van der Waals surface area contributed by atoms with Crippen LogP contribution in [0.2, 0.25) is 0 Å². The number of benzene rings is 1. The summed E-state index contributed by atoms with van der Waals surface area (Å²) in [4.78, 5) is 27.8. The molecule has 1 atom stereocenters. The largest absolute Gasteiger partial charge is 0.475 e. The standard InChI is InChI=1S/C18H24BN3O5/c1-21-8-9-22(18(24)11-21)7-6-17(23)20-16(19(25)26)10-13-12-27-15-5-3-2-4-14(13)15/h2-5,12,16,25-26H,6-11H2,1H3,(H,20,23)/t16-/m0/s1. The van der Waals surface area contributed by atoms with Gasteiger partial charge in [-0.25, -0.2) is 0 Å².